The van der Waals surface area contributed by atoms with E-state index in [4.69, 9.17) is 4.74 Å². The molecule has 0 bridgehead atoms. The van der Waals surface area contributed by atoms with E-state index in [9.17, 15) is 4.79 Å². The Balaban J connectivity index is 1.66. The summed E-state index contributed by atoms with van der Waals surface area (Å²) in [5.74, 6) is 0.583. The third kappa shape index (κ3) is 4.52. The summed E-state index contributed by atoms with van der Waals surface area (Å²) in [5, 5.41) is 12.0. The molecule has 0 spiro atoms. The molecule has 1 amide bonds. The van der Waals surface area contributed by atoms with Gasteiger partial charge in [0.2, 0.25) is 5.13 Å². The molecule has 0 aliphatic rings. The van der Waals surface area contributed by atoms with Gasteiger partial charge in [-0.25, -0.2) is 0 Å². The molecule has 0 fully saturated rings. The highest BCUT2D eigenvalue weighted by Gasteiger charge is 2.11. The van der Waals surface area contributed by atoms with Gasteiger partial charge in [-0.15, -0.1) is 10.2 Å². The summed E-state index contributed by atoms with van der Waals surface area (Å²) in [6.07, 6.45) is 3.78. The van der Waals surface area contributed by atoms with Crippen molar-refractivity contribution in [2.45, 2.75) is 0 Å². The molecule has 0 saturated heterocycles. The first-order chi connectivity index (χ1) is 12.2. The monoisotopic (exact) mass is 415 g/mol. The maximum absolute atomic E-state index is 12.3. The van der Waals surface area contributed by atoms with Crippen molar-refractivity contribution in [3.63, 3.8) is 0 Å². The molecule has 0 unspecified atom stereocenters. The van der Waals surface area contributed by atoms with E-state index in [2.05, 4.69) is 31.4 Å². The van der Waals surface area contributed by atoms with E-state index < -0.39 is 0 Å². The number of amides is 1. The summed E-state index contributed by atoms with van der Waals surface area (Å²) in [6.45, 7) is 0. The van der Waals surface area contributed by atoms with Gasteiger partial charge in [0.1, 0.15) is 10.8 Å². The zero-order valence-electron chi connectivity index (χ0n) is 13.3. The first-order valence-electron chi connectivity index (χ1n) is 7.37. The number of ether oxygens (including phenoxy) is 1. The lowest BCUT2D eigenvalue weighted by Gasteiger charge is -2.02. The summed E-state index contributed by atoms with van der Waals surface area (Å²) in [7, 11) is 1.63. The van der Waals surface area contributed by atoms with Gasteiger partial charge in [0, 0.05) is 4.47 Å². The summed E-state index contributed by atoms with van der Waals surface area (Å²) in [4.78, 5) is 12.3. The van der Waals surface area contributed by atoms with Gasteiger partial charge in [-0.1, -0.05) is 41.7 Å². The summed E-state index contributed by atoms with van der Waals surface area (Å²) in [5.41, 5.74) is 1.57. The van der Waals surface area contributed by atoms with Crippen LogP contribution in [0.3, 0.4) is 0 Å². The average molecular weight is 416 g/mol. The van der Waals surface area contributed by atoms with E-state index in [-0.39, 0.29) is 5.91 Å². The first kappa shape index (κ1) is 17.3. The van der Waals surface area contributed by atoms with Crippen molar-refractivity contribution in [2.24, 2.45) is 0 Å². The maximum Gasteiger partial charge on any atom is 0.258 e. The van der Waals surface area contributed by atoms with Crippen LogP contribution in [0.5, 0.6) is 5.75 Å². The third-order valence-corrected chi connectivity index (χ3v) is 4.81. The molecule has 3 rings (SSSR count). The number of nitrogens with zero attached hydrogens (tertiary/aromatic N) is 2. The summed E-state index contributed by atoms with van der Waals surface area (Å²) in [6, 6.07) is 14.9. The molecule has 0 aliphatic heterocycles. The number of anilines is 1. The van der Waals surface area contributed by atoms with E-state index in [0.29, 0.717) is 15.7 Å². The molecule has 1 aromatic heterocycles. The molecule has 0 aliphatic carbocycles. The Morgan fingerprint density at radius 1 is 1.12 bits per heavy atom. The van der Waals surface area contributed by atoms with Crippen LogP contribution in [0.4, 0.5) is 5.13 Å². The number of hydrogen-bond donors (Lipinski definition) is 1. The highest BCUT2D eigenvalue weighted by atomic mass is 79.9. The van der Waals surface area contributed by atoms with Crippen molar-refractivity contribution in [2.75, 3.05) is 12.4 Å². The molecule has 5 nitrogen and oxygen atoms in total. The number of halogens is 1. The van der Waals surface area contributed by atoms with Crippen LogP contribution < -0.4 is 10.1 Å². The number of nitrogens with one attached hydrogen (secondary N) is 1. The van der Waals surface area contributed by atoms with Gasteiger partial charge in [0.15, 0.2) is 0 Å². The van der Waals surface area contributed by atoms with E-state index in [1.165, 1.54) is 11.3 Å². The highest BCUT2D eigenvalue weighted by molar-refractivity contribution is 9.10. The fourth-order valence-electron chi connectivity index (χ4n) is 2.04. The standard InChI is InChI=1S/C18H14BrN3O2S/c1-24-13-9-6-12(7-10-13)8-11-16-21-22-18(25-16)20-17(23)14-4-2-3-5-15(14)19/h2-11H,1H3,(H,20,22,23). The zero-order chi connectivity index (χ0) is 17.6. The van der Waals surface area contributed by atoms with E-state index in [1.807, 2.05) is 54.6 Å². The van der Waals surface area contributed by atoms with Crippen LogP contribution in [0.15, 0.2) is 53.0 Å². The minimum Gasteiger partial charge on any atom is -0.497 e. The second kappa shape index (κ2) is 8.04. The van der Waals surface area contributed by atoms with Crippen LogP contribution in [-0.2, 0) is 0 Å². The minimum atomic E-state index is -0.227. The minimum absolute atomic E-state index is 0.227. The number of aromatic nitrogens is 2. The Hall–Kier alpha value is -2.51. The first-order valence-corrected chi connectivity index (χ1v) is 8.98. The van der Waals surface area contributed by atoms with Crippen LogP contribution in [0.2, 0.25) is 0 Å². The number of benzene rings is 2. The number of rotatable bonds is 5. The van der Waals surface area contributed by atoms with Gasteiger partial charge in [-0.05, 0) is 51.8 Å². The Kier molecular flexibility index (Phi) is 5.57. The predicted octanol–water partition coefficient (Wildman–Crippen LogP) is 4.73. The number of carbonyl (C=O) groups excluding carboxylic acids is 1. The van der Waals surface area contributed by atoms with Crippen molar-refractivity contribution in [3.8, 4) is 5.75 Å². The normalized spacial score (nSPS) is 10.8. The van der Waals surface area contributed by atoms with Crippen molar-refractivity contribution in [1.29, 1.82) is 0 Å². The molecule has 2 aromatic carbocycles. The predicted molar refractivity (Wildman–Crippen MR) is 104 cm³/mol. The molecule has 1 N–H and O–H groups in total. The van der Waals surface area contributed by atoms with Gasteiger partial charge < -0.3 is 4.74 Å². The molecule has 3 aromatic rings. The molecule has 0 atom stereocenters. The fraction of sp³-hybridized carbons (Fsp3) is 0.0556. The lowest BCUT2D eigenvalue weighted by atomic mass is 10.2. The van der Waals surface area contributed by atoms with Gasteiger partial charge in [0.05, 0.1) is 12.7 Å². The van der Waals surface area contributed by atoms with Gasteiger partial charge in [0.25, 0.3) is 5.91 Å². The summed E-state index contributed by atoms with van der Waals surface area (Å²) < 4.78 is 5.86. The average Bonchev–Trinajstić information content (AvgIpc) is 3.08. The fourth-order valence-corrected chi connectivity index (χ4v) is 3.15. The Morgan fingerprint density at radius 3 is 2.60 bits per heavy atom. The highest BCUT2D eigenvalue weighted by Crippen LogP contribution is 2.21. The SMILES string of the molecule is COc1ccc(C=Cc2nnc(NC(=O)c3ccccc3Br)s2)cc1. The molecular formula is C18H14BrN3O2S. The van der Waals surface area contributed by atoms with Crippen LogP contribution in [-0.4, -0.2) is 23.2 Å². The Bertz CT molecular complexity index is 907. The van der Waals surface area contributed by atoms with Gasteiger partial charge in [-0.2, -0.15) is 0 Å². The van der Waals surface area contributed by atoms with Crippen molar-refractivity contribution >= 4 is 50.5 Å². The van der Waals surface area contributed by atoms with Crippen LogP contribution in [0, 0.1) is 0 Å². The van der Waals surface area contributed by atoms with Crippen molar-refractivity contribution in [1.82, 2.24) is 10.2 Å². The van der Waals surface area contributed by atoms with Crippen LogP contribution in [0.25, 0.3) is 12.2 Å². The topological polar surface area (TPSA) is 64.1 Å². The molecule has 1 heterocycles. The van der Waals surface area contributed by atoms with Crippen molar-refractivity contribution < 1.29 is 9.53 Å². The van der Waals surface area contributed by atoms with E-state index in [0.717, 1.165) is 15.8 Å². The lowest BCUT2D eigenvalue weighted by molar-refractivity contribution is 0.102. The van der Waals surface area contributed by atoms with Gasteiger partial charge in [-0.3, -0.25) is 10.1 Å². The number of methoxy groups -OCH3 is 1. The van der Waals surface area contributed by atoms with Crippen molar-refractivity contribution in [3.05, 3.63) is 69.1 Å². The van der Waals surface area contributed by atoms with Gasteiger partial charge >= 0.3 is 0 Å². The second-order valence-electron chi connectivity index (χ2n) is 4.99. The van der Waals surface area contributed by atoms with Crippen LogP contribution in [0.1, 0.15) is 20.9 Å². The second-order valence-corrected chi connectivity index (χ2v) is 6.85. The molecule has 0 radical (unpaired) electrons. The zero-order valence-corrected chi connectivity index (χ0v) is 15.7. The largest absolute Gasteiger partial charge is 0.497 e. The third-order valence-electron chi connectivity index (χ3n) is 3.31. The quantitative estimate of drug-likeness (QED) is 0.653. The number of hydrogen-bond acceptors (Lipinski definition) is 5. The Labute approximate surface area is 157 Å². The molecular weight excluding hydrogens is 402 g/mol. The van der Waals surface area contributed by atoms with E-state index >= 15 is 0 Å². The molecule has 126 valence electrons. The maximum atomic E-state index is 12.3. The molecule has 25 heavy (non-hydrogen) atoms. The molecule has 7 heteroatoms. The van der Waals surface area contributed by atoms with Crippen LogP contribution >= 0.6 is 27.3 Å². The Morgan fingerprint density at radius 2 is 1.88 bits per heavy atom. The summed E-state index contributed by atoms with van der Waals surface area (Å²) >= 11 is 4.67. The lowest BCUT2D eigenvalue weighted by Crippen LogP contribution is -2.12. The number of carbonyl (C=O) groups is 1. The van der Waals surface area contributed by atoms with E-state index in [1.54, 1.807) is 13.2 Å². The molecule has 0 saturated carbocycles. The smallest absolute Gasteiger partial charge is 0.258 e.